The van der Waals surface area contributed by atoms with Crippen molar-refractivity contribution in [3.8, 4) is 6.07 Å². The van der Waals surface area contributed by atoms with Crippen LogP contribution in [0.15, 0.2) is 27.7 Å². The minimum absolute atomic E-state index is 0.0191. The minimum atomic E-state index is -2.84. The molecule has 6 rings (SSSR count). The molecule has 7 atom stereocenters. The standard InChI is InChI=1S/C33H41F2N3O3/c1-28(2)10-12-33(27-38-37-26(41-27)25(34)35)13-11-32(7)23(19(33)16-28)20(39)14-22-30(5)15-18(17-36)24(40)29(3,4)21(30)8-9-31(22,32)6/h14-15,19,21,23,25H,8-13,16H2,1-7H3/t19-,21-,23-,30-,31+,32+,33-/m0/s1. The fraction of sp³-hybridized carbons (Fsp3) is 0.727. The first kappa shape index (κ1) is 28.4. The Labute approximate surface area is 241 Å². The Balaban J connectivity index is 1.52. The van der Waals surface area contributed by atoms with Crippen molar-refractivity contribution < 1.29 is 22.8 Å². The Kier molecular flexibility index (Phi) is 5.86. The van der Waals surface area contributed by atoms with Crippen LogP contribution in [0.2, 0.25) is 0 Å². The Bertz CT molecular complexity index is 1450. The molecule has 1 aromatic heterocycles. The fourth-order valence-corrected chi connectivity index (χ4v) is 10.5. The molecule has 8 heteroatoms. The van der Waals surface area contributed by atoms with Crippen LogP contribution in [0.5, 0.6) is 0 Å². The van der Waals surface area contributed by atoms with E-state index in [0.29, 0.717) is 12.8 Å². The number of Topliss-reactive ketones (excluding diaryl/α,β-unsaturated/α-hetero) is 1. The van der Waals surface area contributed by atoms with Crippen LogP contribution >= 0.6 is 0 Å². The summed E-state index contributed by atoms with van der Waals surface area (Å²) >= 11 is 0. The van der Waals surface area contributed by atoms with Gasteiger partial charge in [-0.25, -0.2) is 0 Å². The Morgan fingerprint density at radius 1 is 1.00 bits per heavy atom. The Morgan fingerprint density at radius 2 is 1.68 bits per heavy atom. The number of carbonyl (C=O) groups is 2. The molecule has 0 radical (unpaired) electrons. The molecule has 0 bridgehead atoms. The number of allylic oxidation sites excluding steroid dienone is 4. The quantitative estimate of drug-likeness (QED) is 0.369. The first-order valence-corrected chi connectivity index (χ1v) is 15.0. The third-order valence-corrected chi connectivity index (χ3v) is 12.9. The molecule has 0 N–H and O–H groups in total. The van der Waals surface area contributed by atoms with Crippen LogP contribution < -0.4 is 0 Å². The molecule has 3 saturated carbocycles. The van der Waals surface area contributed by atoms with E-state index in [4.69, 9.17) is 4.42 Å². The van der Waals surface area contributed by atoms with Gasteiger partial charge >= 0.3 is 6.43 Å². The molecular formula is C33H41F2N3O3. The van der Waals surface area contributed by atoms with Gasteiger partial charge in [-0.3, -0.25) is 9.59 Å². The molecule has 5 aliphatic rings. The van der Waals surface area contributed by atoms with Crippen LogP contribution in [0.1, 0.15) is 112 Å². The highest BCUT2D eigenvalue weighted by Gasteiger charge is 2.70. The molecule has 0 unspecified atom stereocenters. The molecule has 0 aromatic carbocycles. The minimum Gasteiger partial charge on any atom is -0.419 e. The van der Waals surface area contributed by atoms with Gasteiger partial charge in [0.15, 0.2) is 11.6 Å². The van der Waals surface area contributed by atoms with E-state index >= 15 is 0 Å². The Hall–Kier alpha value is -2.69. The zero-order valence-electron chi connectivity index (χ0n) is 25.2. The number of nitrogens with zero attached hydrogens (tertiary/aromatic N) is 3. The lowest BCUT2D eigenvalue weighted by atomic mass is 9.34. The van der Waals surface area contributed by atoms with Crippen molar-refractivity contribution in [2.24, 2.45) is 44.8 Å². The molecule has 5 aliphatic carbocycles. The molecular weight excluding hydrogens is 524 g/mol. The summed E-state index contributed by atoms with van der Waals surface area (Å²) in [7, 11) is 0. The zero-order valence-corrected chi connectivity index (χ0v) is 25.2. The first-order valence-electron chi connectivity index (χ1n) is 15.0. The van der Waals surface area contributed by atoms with Gasteiger partial charge in [-0.2, -0.15) is 14.0 Å². The second-order valence-corrected chi connectivity index (χ2v) is 15.7. The van der Waals surface area contributed by atoms with Gasteiger partial charge < -0.3 is 4.42 Å². The number of alkyl halides is 2. The number of halogens is 2. The van der Waals surface area contributed by atoms with E-state index in [0.717, 1.165) is 37.7 Å². The molecule has 0 spiro atoms. The van der Waals surface area contributed by atoms with Crippen LogP contribution in [0.3, 0.4) is 0 Å². The van der Waals surface area contributed by atoms with E-state index in [1.54, 1.807) is 0 Å². The van der Waals surface area contributed by atoms with Gasteiger partial charge in [0.25, 0.3) is 5.89 Å². The maximum Gasteiger partial charge on any atom is 0.314 e. The third kappa shape index (κ3) is 3.50. The maximum absolute atomic E-state index is 14.6. The van der Waals surface area contributed by atoms with Gasteiger partial charge in [0.1, 0.15) is 6.07 Å². The van der Waals surface area contributed by atoms with Gasteiger partial charge in [0, 0.05) is 16.7 Å². The lowest BCUT2D eigenvalue weighted by Gasteiger charge is -2.68. The Morgan fingerprint density at radius 3 is 2.32 bits per heavy atom. The predicted molar refractivity (Wildman–Crippen MR) is 147 cm³/mol. The summed E-state index contributed by atoms with van der Waals surface area (Å²) in [4.78, 5) is 27.8. The second-order valence-electron chi connectivity index (χ2n) is 15.7. The van der Waals surface area contributed by atoms with Crippen LogP contribution in [0.25, 0.3) is 0 Å². The van der Waals surface area contributed by atoms with E-state index in [2.05, 4.69) is 50.9 Å². The molecule has 0 amide bonds. The molecule has 0 aliphatic heterocycles. The summed E-state index contributed by atoms with van der Waals surface area (Å²) in [6.45, 7) is 15.0. The van der Waals surface area contributed by atoms with Crippen molar-refractivity contribution in [1.82, 2.24) is 10.2 Å². The van der Waals surface area contributed by atoms with Crippen molar-refractivity contribution in [1.29, 1.82) is 5.26 Å². The lowest BCUT2D eigenvalue weighted by Crippen LogP contribution is -2.65. The number of hydrogen-bond acceptors (Lipinski definition) is 6. The number of fused-ring (bicyclic) bond motifs is 7. The van der Waals surface area contributed by atoms with Crippen molar-refractivity contribution in [2.75, 3.05) is 0 Å². The van der Waals surface area contributed by atoms with E-state index in [-0.39, 0.29) is 51.6 Å². The van der Waals surface area contributed by atoms with Gasteiger partial charge in [-0.05, 0) is 79.1 Å². The topological polar surface area (TPSA) is 96.8 Å². The average molecular weight is 566 g/mol. The van der Waals surface area contributed by atoms with E-state index in [1.807, 2.05) is 26.0 Å². The highest BCUT2D eigenvalue weighted by molar-refractivity contribution is 6.04. The van der Waals surface area contributed by atoms with Crippen LogP contribution in [-0.2, 0) is 15.0 Å². The maximum atomic E-state index is 14.6. The van der Waals surface area contributed by atoms with Gasteiger partial charge in [-0.1, -0.05) is 60.1 Å². The third-order valence-electron chi connectivity index (χ3n) is 12.9. The van der Waals surface area contributed by atoms with Gasteiger partial charge in [0.05, 0.1) is 11.0 Å². The summed E-state index contributed by atoms with van der Waals surface area (Å²) in [5.74, 6) is -0.933. The SMILES string of the molecule is CC1(C)CC[C@]2(c3nnc(C(F)F)o3)CC[C@]3(C)[C@H](C(=O)C=C4[C@@]5(C)C=C(C#N)C(=O)C(C)(C)[C@@H]5CC[C@]43C)[C@@H]2C1. The predicted octanol–water partition coefficient (Wildman–Crippen LogP) is 7.48. The summed E-state index contributed by atoms with van der Waals surface area (Å²) in [5.41, 5.74) is -1.48. The number of aromatic nitrogens is 2. The van der Waals surface area contributed by atoms with Crippen molar-refractivity contribution in [3.05, 3.63) is 35.1 Å². The van der Waals surface area contributed by atoms with Gasteiger partial charge in [-0.15, -0.1) is 10.2 Å². The van der Waals surface area contributed by atoms with Crippen LogP contribution in [0.4, 0.5) is 8.78 Å². The molecule has 220 valence electrons. The number of carbonyl (C=O) groups excluding carboxylic acids is 2. The summed E-state index contributed by atoms with van der Waals surface area (Å²) in [5, 5.41) is 17.8. The lowest BCUT2D eigenvalue weighted by molar-refractivity contribution is -0.161. The van der Waals surface area contributed by atoms with Gasteiger partial charge in [0.2, 0.25) is 5.89 Å². The fourth-order valence-electron chi connectivity index (χ4n) is 10.5. The van der Waals surface area contributed by atoms with E-state index in [9.17, 15) is 23.6 Å². The molecule has 3 fully saturated rings. The molecule has 1 aromatic rings. The van der Waals surface area contributed by atoms with E-state index in [1.165, 1.54) is 0 Å². The van der Waals surface area contributed by atoms with Crippen molar-refractivity contribution in [2.45, 2.75) is 105 Å². The van der Waals surface area contributed by atoms with Crippen LogP contribution in [-0.4, -0.2) is 21.8 Å². The smallest absolute Gasteiger partial charge is 0.314 e. The highest BCUT2D eigenvalue weighted by atomic mass is 19.3. The number of nitriles is 1. The monoisotopic (exact) mass is 565 g/mol. The number of hydrogen-bond donors (Lipinski definition) is 0. The second kappa shape index (κ2) is 8.45. The highest BCUT2D eigenvalue weighted by Crippen LogP contribution is 2.74. The summed E-state index contributed by atoms with van der Waals surface area (Å²) < 4.78 is 32.7. The number of ketones is 2. The molecule has 6 nitrogen and oxygen atoms in total. The first-order chi connectivity index (χ1) is 19.0. The summed E-state index contributed by atoms with van der Waals surface area (Å²) in [6, 6.07) is 2.15. The van der Waals surface area contributed by atoms with Crippen molar-refractivity contribution in [3.63, 3.8) is 0 Å². The van der Waals surface area contributed by atoms with Crippen LogP contribution in [0, 0.1) is 56.2 Å². The summed E-state index contributed by atoms with van der Waals surface area (Å²) in [6.07, 6.45) is 6.30. The average Bonchev–Trinajstić information content (AvgIpc) is 3.39. The molecule has 0 saturated heterocycles. The van der Waals surface area contributed by atoms with E-state index < -0.39 is 34.0 Å². The number of rotatable bonds is 2. The zero-order chi connectivity index (χ0) is 30.0. The largest absolute Gasteiger partial charge is 0.419 e. The molecule has 1 heterocycles. The molecule has 41 heavy (non-hydrogen) atoms. The normalized spacial score (nSPS) is 42.7. The van der Waals surface area contributed by atoms with Crippen molar-refractivity contribution >= 4 is 11.6 Å².